The molecule has 84 valence electrons. The van der Waals surface area contributed by atoms with Crippen molar-refractivity contribution in [1.29, 1.82) is 0 Å². The molecule has 0 aromatic heterocycles. The monoisotopic (exact) mass is 241 g/mol. The topological polar surface area (TPSA) is 3.24 Å². The van der Waals surface area contributed by atoms with Gasteiger partial charge in [-0.1, -0.05) is 12.1 Å². The highest BCUT2D eigenvalue weighted by molar-refractivity contribution is 7.98. The maximum absolute atomic E-state index is 4.22. The molecule has 1 aromatic carbocycles. The average Bonchev–Trinajstić information content (AvgIpc) is 2.27. The van der Waals surface area contributed by atoms with Crippen LogP contribution in [0.15, 0.2) is 29.2 Å². The maximum Gasteiger partial charge on any atom is 0.0230 e. The summed E-state index contributed by atoms with van der Waals surface area (Å²) in [5.74, 6) is 0.968. The summed E-state index contributed by atoms with van der Waals surface area (Å²) < 4.78 is 0. The molecule has 0 aliphatic heterocycles. The second-order valence-electron chi connectivity index (χ2n) is 3.66. The summed E-state index contributed by atoms with van der Waals surface area (Å²) in [6, 6.07) is 8.80. The van der Waals surface area contributed by atoms with E-state index in [2.05, 4.69) is 55.1 Å². The van der Waals surface area contributed by atoms with Gasteiger partial charge in [0.25, 0.3) is 0 Å². The molecule has 0 spiro atoms. The Kier molecular flexibility index (Phi) is 6.22. The predicted octanol–water partition coefficient (Wildman–Crippen LogP) is 3.16. The minimum atomic E-state index is 0.968. The second kappa shape index (κ2) is 7.20. The third kappa shape index (κ3) is 4.96. The first kappa shape index (κ1) is 12.9. The largest absolute Gasteiger partial charge is 0.302 e. The lowest BCUT2D eigenvalue weighted by Gasteiger charge is -2.16. The van der Waals surface area contributed by atoms with Crippen LogP contribution < -0.4 is 0 Å². The molecule has 0 aliphatic carbocycles. The quantitative estimate of drug-likeness (QED) is 0.602. The number of benzene rings is 1. The van der Waals surface area contributed by atoms with Crippen molar-refractivity contribution in [3.63, 3.8) is 0 Å². The number of thioether (sulfide) groups is 1. The van der Waals surface area contributed by atoms with E-state index < -0.39 is 0 Å². The number of nitrogens with zero attached hydrogens (tertiary/aromatic N) is 1. The maximum atomic E-state index is 4.22. The first-order valence-corrected chi connectivity index (χ1v) is 7.04. The number of rotatable bonds is 6. The van der Waals surface area contributed by atoms with Crippen molar-refractivity contribution in [1.82, 2.24) is 4.90 Å². The summed E-state index contributed by atoms with van der Waals surface area (Å²) in [7, 11) is 2.16. The minimum absolute atomic E-state index is 0.968. The van der Waals surface area contributed by atoms with Gasteiger partial charge in [-0.2, -0.15) is 12.6 Å². The fraction of sp³-hybridized carbons (Fsp3) is 0.500. The zero-order valence-electron chi connectivity index (χ0n) is 9.44. The Morgan fingerprint density at radius 2 is 1.93 bits per heavy atom. The molecule has 0 aliphatic rings. The SMILES string of the molecule is CSc1ccc(CN(C)CCCS)cc1. The summed E-state index contributed by atoms with van der Waals surface area (Å²) >= 11 is 6.00. The third-order valence-corrected chi connectivity index (χ3v) is 3.37. The summed E-state index contributed by atoms with van der Waals surface area (Å²) in [5, 5.41) is 0. The van der Waals surface area contributed by atoms with Gasteiger partial charge in [0.2, 0.25) is 0 Å². The van der Waals surface area contributed by atoms with E-state index in [0.717, 1.165) is 25.3 Å². The van der Waals surface area contributed by atoms with E-state index in [-0.39, 0.29) is 0 Å². The van der Waals surface area contributed by atoms with E-state index in [0.29, 0.717) is 0 Å². The lowest BCUT2D eigenvalue weighted by molar-refractivity contribution is 0.328. The van der Waals surface area contributed by atoms with Crippen LogP contribution in [0.4, 0.5) is 0 Å². The molecule has 0 atom stereocenters. The normalized spacial score (nSPS) is 10.9. The number of thiol groups is 1. The molecule has 0 saturated carbocycles. The predicted molar refractivity (Wildman–Crippen MR) is 73.0 cm³/mol. The van der Waals surface area contributed by atoms with Crippen LogP contribution >= 0.6 is 24.4 Å². The van der Waals surface area contributed by atoms with Crippen molar-refractivity contribution in [2.75, 3.05) is 25.6 Å². The molecule has 0 bridgehead atoms. The molecule has 0 radical (unpaired) electrons. The van der Waals surface area contributed by atoms with Crippen LogP contribution in [0.5, 0.6) is 0 Å². The molecule has 0 amide bonds. The fourth-order valence-electron chi connectivity index (χ4n) is 1.46. The van der Waals surface area contributed by atoms with E-state index in [1.165, 1.54) is 10.5 Å². The molecule has 0 unspecified atom stereocenters. The van der Waals surface area contributed by atoms with E-state index in [9.17, 15) is 0 Å². The summed E-state index contributed by atoms with van der Waals surface area (Å²) in [4.78, 5) is 3.67. The lowest BCUT2D eigenvalue weighted by atomic mass is 10.2. The molecule has 1 rings (SSSR count). The number of hydrogen-bond donors (Lipinski definition) is 1. The van der Waals surface area contributed by atoms with Crippen molar-refractivity contribution >= 4 is 24.4 Å². The van der Waals surface area contributed by atoms with Crippen LogP contribution in [-0.4, -0.2) is 30.5 Å². The second-order valence-corrected chi connectivity index (χ2v) is 4.99. The van der Waals surface area contributed by atoms with Gasteiger partial charge < -0.3 is 4.90 Å². The lowest BCUT2D eigenvalue weighted by Crippen LogP contribution is -2.19. The van der Waals surface area contributed by atoms with Gasteiger partial charge in [-0.05, 0) is 49.7 Å². The van der Waals surface area contributed by atoms with Gasteiger partial charge in [0, 0.05) is 11.4 Å². The van der Waals surface area contributed by atoms with E-state index in [1.807, 2.05) is 0 Å². The zero-order chi connectivity index (χ0) is 11.1. The van der Waals surface area contributed by atoms with Gasteiger partial charge in [0.15, 0.2) is 0 Å². The smallest absolute Gasteiger partial charge is 0.0230 e. The molecule has 1 nitrogen and oxygen atoms in total. The Hall–Kier alpha value is -0.120. The van der Waals surface area contributed by atoms with Crippen molar-refractivity contribution in [2.24, 2.45) is 0 Å². The highest BCUT2D eigenvalue weighted by atomic mass is 32.2. The molecular weight excluding hydrogens is 222 g/mol. The standard InChI is InChI=1S/C12H19NS2/c1-13(8-3-9-14)10-11-4-6-12(15-2)7-5-11/h4-7,14H,3,8-10H2,1-2H3. The first-order valence-electron chi connectivity index (χ1n) is 5.18. The zero-order valence-corrected chi connectivity index (χ0v) is 11.2. The fourth-order valence-corrected chi connectivity index (χ4v) is 2.01. The Balaban J connectivity index is 2.42. The van der Waals surface area contributed by atoms with Crippen LogP contribution in [0, 0.1) is 0 Å². The van der Waals surface area contributed by atoms with Crippen molar-refractivity contribution in [3.8, 4) is 0 Å². The Labute approximate surface area is 103 Å². The van der Waals surface area contributed by atoms with E-state index >= 15 is 0 Å². The van der Waals surface area contributed by atoms with Gasteiger partial charge in [-0.15, -0.1) is 11.8 Å². The summed E-state index contributed by atoms with van der Waals surface area (Å²) in [6.45, 7) is 2.15. The molecule has 0 heterocycles. The summed E-state index contributed by atoms with van der Waals surface area (Å²) in [5.41, 5.74) is 1.38. The first-order chi connectivity index (χ1) is 7.26. The van der Waals surface area contributed by atoms with Crippen molar-refractivity contribution < 1.29 is 0 Å². The highest BCUT2D eigenvalue weighted by Crippen LogP contribution is 2.15. The van der Waals surface area contributed by atoms with Crippen LogP contribution in [0.3, 0.4) is 0 Å². The van der Waals surface area contributed by atoms with Crippen LogP contribution in [-0.2, 0) is 6.54 Å². The van der Waals surface area contributed by atoms with Crippen LogP contribution in [0.25, 0.3) is 0 Å². The van der Waals surface area contributed by atoms with Gasteiger partial charge in [0.1, 0.15) is 0 Å². The van der Waals surface area contributed by atoms with E-state index in [1.54, 1.807) is 11.8 Å². The molecule has 0 N–H and O–H groups in total. The molecule has 3 heteroatoms. The number of hydrogen-bond acceptors (Lipinski definition) is 3. The summed E-state index contributed by atoms with van der Waals surface area (Å²) in [6.07, 6.45) is 3.26. The van der Waals surface area contributed by atoms with Gasteiger partial charge >= 0.3 is 0 Å². The Morgan fingerprint density at radius 1 is 1.27 bits per heavy atom. The van der Waals surface area contributed by atoms with Gasteiger partial charge in [0.05, 0.1) is 0 Å². The van der Waals surface area contributed by atoms with Gasteiger partial charge in [-0.3, -0.25) is 0 Å². The molecule has 0 fully saturated rings. The van der Waals surface area contributed by atoms with Crippen LogP contribution in [0.2, 0.25) is 0 Å². The Morgan fingerprint density at radius 3 is 2.47 bits per heavy atom. The molecule has 0 saturated heterocycles. The van der Waals surface area contributed by atoms with Crippen molar-refractivity contribution in [3.05, 3.63) is 29.8 Å². The molecular formula is C12H19NS2. The molecule has 1 aromatic rings. The Bertz CT molecular complexity index is 271. The minimum Gasteiger partial charge on any atom is -0.302 e. The van der Waals surface area contributed by atoms with Crippen LogP contribution in [0.1, 0.15) is 12.0 Å². The molecule has 15 heavy (non-hydrogen) atoms. The van der Waals surface area contributed by atoms with E-state index in [4.69, 9.17) is 0 Å². The average molecular weight is 241 g/mol. The third-order valence-electron chi connectivity index (χ3n) is 2.31. The highest BCUT2D eigenvalue weighted by Gasteiger charge is 1.99. The van der Waals surface area contributed by atoms with Gasteiger partial charge in [-0.25, -0.2) is 0 Å². The van der Waals surface area contributed by atoms with Crippen molar-refractivity contribution in [2.45, 2.75) is 17.9 Å².